The van der Waals surface area contributed by atoms with E-state index in [1.807, 2.05) is 6.92 Å². The highest BCUT2D eigenvalue weighted by molar-refractivity contribution is 5.69. The van der Waals surface area contributed by atoms with Crippen molar-refractivity contribution in [2.75, 3.05) is 6.61 Å². The molecule has 0 N–H and O–H groups in total. The summed E-state index contributed by atoms with van der Waals surface area (Å²) in [6, 6.07) is 0. The lowest BCUT2D eigenvalue weighted by Crippen LogP contribution is -2.07. The zero-order valence-corrected chi connectivity index (χ0v) is 8.29. The van der Waals surface area contributed by atoms with Gasteiger partial charge < -0.3 is 4.74 Å². The van der Waals surface area contributed by atoms with Crippen molar-refractivity contribution in [1.82, 2.24) is 0 Å². The van der Waals surface area contributed by atoms with E-state index < -0.39 is 0 Å². The summed E-state index contributed by atoms with van der Waals surface area (Å²) >= 11 is 0. The third kappa shape index (κ3) is 4.11. The van der Waals surface area contributed by atoms with Crippen molar-refractivity contribution in [3.8, 4) is 0 Å². The second-order valence-electron chi connectivity index (χ2n) is 3.52. The van der Waals surface area contributed by atoms with Gasteiger partial charge >= 0.3 is 5.97 Å². The fraction of sp³-hybridized carbons (Fsp3) is 0.727. The third-order valence-corrected chi connectivity index (χ3v) is 2.32. The third-order valence-electron chi connectivity index (χ3n) is 2.32. The predicted molar refractivity (Wildman–Crippen MR) is 52.3 cm³/mol. The van der Waals surface area contributed by atoms with Crippen molar-refractivity contribution >= 4 is 5.97 Å². The van der Waals surface area contributed by atoms with E-state index in [1.54, 1.807) is 0 Å². The first kappa shape index (κ1) is 10.3. The molecular weight excluding hydrogens is 164 g/mol. The largest absolute Gasteiger partial charge is 0.466 e. The first-order chi connectivity index (χ1) is 6.33. The molecule has 74 valence electrons. The van der Waals surface area contributed by atoms with Gasteiger partial charge in [0.05, 0.1) is 6.61 Å². The Morgan fingerprint density at radius 3 is 3.08 bits per heavy atom. The van der Waals surface area contributed by atoms with Crippen molar-refractivity contribution in [1.29, 1.82) is 0 Å². The van der Waals surface area contributed by atoms with Gasteiger partial charge in [-0.3, -0.25) is 4.79 Å². The maximum absolute atomic E-state index is 11.0. The molecule has 0 saturated heterocycles. The van der Waals surface area contributed by atoms with Gasteiger partial charge in [-0.05, 0) is 31.6 Å². The molecule has 2 heteroatoms. The zero-order chi connectivity index (χ0) is 9.52. The van der Waals surface area contributed by atoms with E-state index in [1.165, 1.54) is 12.8 Å². The number of esters is 1. The number of hydrogen-bond donors (Lipinski definition) is 0. The van der Waals surface area contributed by atoms with Crippen LogP contribution >= 0.6 is 0 Å². The number of hydrogen-bond acceptors (Lipinski definition) is 2. The fourth-order valence-corrected chi connectivity index (χ4v) is 1.54. The molecule has 1 rings (SSSR count). The molecule has 0 heterocycles. The Morgan fingerprint density at radius 2 is 2.46 bits per heavy atom. The van der Waals surface area contributed by atoms with Crippen molar-refractivity contribution in [2.45, 2.75) is 39.0 Å². The minimum absolute atomic E-state index is 0.0514. The lowest BCUT2D eigenvalue weighted by atomic mass is 10.1. The van der Waals surface area contributed by atoms with Crippen LogP contribution in [0, 0.1) is 5.92 Å². The molecule has 0 fully saturated rings. The van der Waals surface area contributed by atoms with E-state index in [-0.39, 0.29) is 5.97 Å². The Balaban J connectivity index is 2.00. The standard InChI is InChI=1S/C11H18O2/c1-2-5-11(12)13-9-8-10-6-3-4-7-10/h3,6,10H,2,4-5,7-9H2,1H3. The number of carbonyl (C=O) groups excluding carboxylic acids is 1. The quantitative estimate of drug-likeness (QED) is 0.482. The lowest BCUT2D eigenvalue weighted by Gasteiger charge is -2.07. The molecule has 1 aliphatic carbocycles. The summed E-state index contributed by atoms with van der Waals surface area (Å²) < 4.78 is 5.07. The van der Waals surface area contributed by atoms with Crippen LogP contribution in [-0.4, -0.2) is 12.6 Å². The summed E-state index contributed by atoms with van der Waals surface area (Å²) in [7, 11) is 0. The van der Waals surface area contributed by atoms with Crippen molar-refractivity contribution < 1.29 is 9.53 Å². The van der Waals surface area contributed by atoms with Gasteiger partial charge in [0.15, 0.2) is 0 Å². The zero-order valence-electron chi connectivity index (χ0n) is 8.29. The molecule has 2 nitrogen and oxygen atoms in total. The first-order valence-electron chi connectivity index (χ1n) is 5.15. The summed E-state index contributed by atoms with van der Waals surface area (Å²) in [5.41, 5.74) is 0. The monoisotopic (exact) mass is 182 g/mol. The molecule has 1 atom stereocenters. The molecule has 0 saturated carbocycles. The molecule has 0 spiro atoms. The van der Waals surface area contributed by atoms with Crippen LogP contribution in [0.25, 0.3) is 0 Å². The Kier molecular flexibility index (Phi) is 4.58. The maximum Gasteiger partial charge on any atom is 0.305 e. The summed E-state index contributed by atoms with van der Waals surface area (Å²) in [5, 5.41) is 0. The molecule has 1 aliphatic rings. The molecular formula is C11H18O2. The van der Waals surface area contributed by atoms with E-state index in [2.05, 4.69) is 12.2 Å². The molecule has 0 aromatic rings. The van der Waals surface area contributed by atoms with E-state index in [0.717, 1.165) is 12.8 Å². The van der Waals surface area contributed by atoms with Crippen molar-refractivity contribution in [3.05, 3.63) is 12.2 Å². The van der Waals surface area contributed by atoms with Crippen LogP contribution in [-0.2, 0) is 9.53 Å². The predicted octanol–water partition coefficient (Wildman–Crippen LogP) is 2.69. The molecule has 0 bridgehead atoms. The van der Waals surface area contributed by atoms with Crippen LogP contribution in [0.3, 0.4) is 0 Å². The first-order valence-corrected chi connectivity index (χ1v) is 5.15. The van der Waals surface area contributed by atoms with Crippen LogP contribution < -0.4 is 0 Å². The summed E-state index contributed by atoms with van der Waals surface area (Å²) in [5.74, 6) is 0.596. The number of rotatable bonds is 5. The molecule has 0 aliphatic heterocycles. The lowest BCUT2D eigenvalue weighted by molar-refractivity contribution is -0.143. The minimum Gasteiger partial charge on any atom is -0.466 e. The Labute approximate surface area is 80.0 Å². The van der Waals surface area contributed by atoms with Crippen LogP contribution in [0.4, 0.5) is 0 Å². The van der Waals surface area contributed by atoms with E-state index in [0.29, 0.717) is 18.9 Å². The van der Waals surface area contributed by atoms with E-state index in [4.69, 9.17) is 4.74 Å². The number of allylic oxidation sites excluding steroid dienone is 2. The van der Waals surface area contributed by atoms with Gasteiger partial charge in [0, 0.05) is 6.42 Å². The van der Waals surface area contributed by atoms with Crippen LogP contribution in [0.2, 0.25) is 0 Å². The highest BCUT2D eigenvalue weighted by Gasteiger charge is 2.09. The highest BCUT2D eigenvalue weighted by atomic mass is 16.5. The van der Waals surface area contributed by atoms with Crippen LogP contribution in [0.5, 0.6) is 0 Å². The molecule has 0 amide bonds. The normalized spacial score (nSPS) is 20.5. The fourth-order valence-electron chi connectivity index (χ4n) is 1.54. The molecule has 13 heavy (non-hydrogen) atoms. The van der Waals surface area contributed by atoms with Gasteiger partial charge in [-0.15, -0.1) is 0 Å². The minimum atomic E-state index is -0.0514. The van der Waals surface area contributed by atoms with E-state index in [9.17, 15) is 4.79 Å². The number of carbonyl (C=O) groups is 1. The summed E-state index contributed by atoms with van der Waals surface area (Å²) in [4.78, 5) is 11.0. The molecule has 0 radical (unpaired) electrons. The van der Waals surface area contributed by atoms with Gasteiger partial charge in [0.25, 0.3) is 0 Å². The van der Waals surface area contributed by atoms with Gasteiger partial charge in [0.1, 0.15) is 0 Å². The molecule has 0 aromatic heterocycles. The van der Waals surface area contributed by atoms with Gasteiger partial charge in [-0.2, -0.15) is 0 Å². The smallest absolute Gasteiger partial charge is 0.305 e. The van der Waals surface area contributed by atoms with Crippen LogP contribution in [0.15, 0.2) is 12.2 Å². The average Bonchev–Trinajstić information content (AvgIpc) is 2.57. The Bertz CT molecular complexity index is 185. The number of ether oxygens (including phenoxy) is 1. The van der Waals surface area contributed by atoms with Gasteiger partial charge in [-0.25, -0.2) is 0 Å². The maximum atomic E-state index is 11.0. The Morgan fingerprint density at radius 1 is 1.62 bits per heavy atom. The summed E-state index contributed by atoms with van der Waals surface area (Å²) in [6.07, 6.45) is 9.28. The molecule has 1 unspecified atom stereocenters. The van der Waals surface area contributed by atoms with Crippen molar-refractivity contribution in [3.63, 3.8) is 0 Å². The Hall–Kier alpha value is -0.790. The topological polar surface area (TPSA) is 26.3 Å². The summed E-state index contributed by atoms with van der Waals surface area (Å²) in [6.45, 7) is 2.58. The average molecular weight is 182 g/mol. The second-order valence-corrected chi connectivity index (χ2v) is 3.52. The molecule has 0 aromatic carbocycles. The highest BCUT2D eigenvalue weighted by Crippen LogP contribution is 2.20. The van der Waals surface area contributed by atoms with E-state index >= 15 is 0 Å². The van der Waals surface area contributed by atoms with Crippen molar-refractivity contribution in [2.24, 2.45) is 5.92 Å². The second kappa shape index (κ2) is 5.79. The van der Waals surface area contributed by atoms with Gasteiger partial charge in [-0.1, -0.05) is 19.1 Å². The SMILES string of the molecule is CCCC(=O)OCCC1C=CCC1. The van der Waals surface area contributed by atoms with Gasteiger partial charge in [0.2, 0.25) is 0 Å². The van der Waals surface area contributed by atoms with Crippen LogP contribution in [0.1, 0.15) is 39.0 Å².